The Morgan fingerprint density at radius 3 is 2.56 bits per heavy atom. The quantitative estimate of drug-likeness (QED) is 0.396. The van der Waals surface area contributed by atoms with E-state index in [0.29, 0.717) is 17.1 Å². The van der Waals surface area contributed by atoms with Crippen molar-refractivity contribution < 1.29 is 14.5 Å². The summed E-state index contributed by atoms with van der Waals surface area (Å²) in [5.41, 5.74) is 1.50. The third kappa shape index (κ3) is 3.51. The first-order valence-corrected chi connectivity index (χ1v) is 7.94. The lowest BCUT2D eigenvalue weighted by Crippen LogP contribution is -2.23. The van der Waals surface area contributed by atoms with Crippen molar-refractivity contribution in [1.82, 2.24) is 25.5 Å². The number of ether oxygens (including phenoxy) is 1. The highest BCUT2D eigenvalue weighted by Gasteiger charge is 2.24. The molecule has 1 atom stereocenters. The SMILES string of the molecule is CNC(c1ccc([N+](=O)[O-])cc1)c1nnnn1-c1ccccc1C(=O)OC. The number of non-ortho nitro benzene ring substituents is 1. The van der Waals surface area contributed by atoms with Crippen molar-refractivity contribution in [1.29, 1.82) is 0 Å². The average molecular weight is 368 g/mol. The van der Waals surface area contributed by atoms with Crippen LogP contribution >= 0.6 is 0 Å². The van der Waals surface area contributed by atoms with Crippen LogP contribution in [-0.4, -0.2) is 45.3 Å². The third-order valence-electron chi connectivity index (χ3n) is 4.02. The Morgan fingerprint density at radius 1 is 1.22 bits per heavy atom. The van der Waals surface area contributed by atoms with Gasteiger partial charge in [0, 0.05) is 12.1 Å². The number of nitro groups is 1. The lowest BCUT2D eigenvalue weighted by atomic mass is 10.1. The van der Waals surface area contributed by atoms with E-state index in [-0.39, 0.29) is 5.69 Å². The smallest absolute Gasteiger partial charge is 0.340 e. The Morgan fingerprint density at radius 2 is 1.93 bits per heavy atom. The lowest BCUT2D eigenvalue weighted by molar-refractivity contribution is -0.384. The highest BCUT2D eigenvalue weighted by atomic mass is 16.6. The molecular formula is C17H16N6O4. The van der Waals surface area contributed by atoms with Gasteiger partial charge in [0.25, 0.3) is 5.69 Å². The van der Waals surface area contributed by atoms with Gasteiger partial charge in [-0.15, -0.1) is 5.10 Å². The summed E-state index contributed by atoms with van der Waals surface area (Å²) in [4.78, 5) is 22.5. The van der Waals surface area contributed by atoms with E-state index in [1.807, 2.05) is 0 Å². The molecule has 3 aromatic rings. The normalized spacial score (nSPS) is 11.8. The van der Waals surface area contributed by atoms with Crippen LogP contribution in [0.4, 0.5) is 5.69 Å². The molecule has 10 heteroatoms. The molecule has 2 aromatic carbocycles. The van der Waals surface area contributed by atoms with E-state index in [1.165, 1.54) is 23.9 Å². The molecule has 1 unspecified atom stereocenters. The molecule has 10 nitrogen and oxygen atoms in total. The minimum absolute atomic E-state index is 0.00997. The van der Waals surface area contributed by atoms with E-state index in [4.69, 9.17) is 4.74 Å². The van der Waals surface area contributed by atoms with Crippen LogP contribution in [0.15, 0.2) is 48.5 Å². The van der Waals surface area contributed by atoms with Crippen LogP contribution in [0.2, 0.25) is 0 Å². The second-order valence-corrected chi connectivity index (χ2v) is 5.53. The Kier molecular flexibility index (Phi) is 5.18. The van der Waals surface area contributed by atoms with Crippen LogP contribution in [0.5, 0.6) is 0 Å². The maximum absolute atomic E-state index is 12.1. The van der Waals surface area contributed by atoms with Crippen LogP contribution in [0.1, 0.15) is 27.8 Å². The standard InChI is InChI=1S/C17H16N6O4/c1-18-15(11-7-9-12(10-8-11)23(25)26)16-19-20-21-22(16)14-6-4-3-5-13(14)17(24)27-2/h3-10,15,18H,1-2H3. The molecule has 0 aliphatic rings. The van der Waals surface area contributed by atoms with Gasteiger partial charge in [0.15, 0.2) is 5.82 Å². The lowest BCUT2D eigenvalue weighted by Gasteiger charge is -2.17. The molecule has 0 aliphatic carbocycles. The number of nitrogens with zero attached hydrogens (tertiary/aromatic N) is 5. The summed E-state index contributed by atoms with van der Waals surface area (Å²) < 4.78 is 6.26. The number of rotatable bonds is 6. The molecule has 0 bridgehead atoms. The third-order valence-corrected chi connectivity index (χ3v) is 4.02. The van der Waals surface area contributed by atoms with Gasteiger partial charge >= 0.3 is 5.97 Å². The topological polar surface area (TPSA) is 125 Å². The fourth-order valence-electron chi connectivity index (χ4n) is 2.72. The number of carbonyl (C=O) groups excluding carboxylic acids is 1. The van der Waals surface area contributed by atoms with Crippen molar-refractivity contribution in [2.24, 2.45) is 0 Å². The van der Waals surface area contributed by atoms with Gasteiger partial charge in [-0.3, -0.25) is 10.1 Å². The molecule has 0 radical (unpaired) electrons. The molecule has 0 fully saturated rings. The van der Waals surface area contributed by atoms with Crippen molar-refractivity contribution in [3.8, 4) is 5.69 Å². The number of methoxy groups -OCH3 is 1. The molecule has 1 N–H and O–H groups in total. The number of carbonyl (C=O) groups is 1. The van der Waals surface area contributed by atoms with Gasteiger partial charge in [-0.05, 0) is 35.2 Å². The summed E-state index contributed by atoms with van der Waals surface area (Å²) in [7, 11) is 3.02. The summed E-state index contributed by atoms with van der Waals surface area (Å²) in [6.45, 7) is 0. The number of hydrogen-bond acceptors (Lipinski definition) is 8. The van der Waals surface area contributed by atoms with Crippen molar-refractivity contribution in [2.75, 3.05) is 14.2 Å². The molecule has 138 valence electrons. The van der Waals surface area contributed by atoms with Crippen molar-refractivity contribution in [3.05, 3.63) is 75.6 Å². The molecule has 0 saturated carbocycles. The molecular weight excluding hydrogens is 352 g/mol. The first-order chi connectivity index (χ1) is 13.1. The first-order valence-electron chi connectivity index (χ1n) is 7.94. The molecule has 0 spiro atoms. The van der Waals surface area contributed by atoms with Crippen LogP contribution < -0.4 is 5.32 Å². The van der Waals surface area contributed by atoms with E-state index in [2.05, 4.69) is 20.8 Å². The summed E-state index contributed by atoms with van der Waals surface area (Å²) in [5.74, 6) is -0.0916. The van der Waals surface area contributed by atoms with Crippen LogP contribution in [0.3, 0.4) is 0 Å². The van der Waals surface area contributed by atoms with Gasteiger partial charge in [0.05, 0.1) is 29.3 Å². The zero-order chi connectivity index (χ0) is 19.4. The highest BCUT2D eigenvalue weighted by Crippen LogP contribution is 2.25. The predicted octanol–water partition coefficient (Wildman–Crippen LogP) is 1.67. The van der Waals surface area contributed by atoms with E-state index in [1.54, 1.807) is 43.4 Å². The highest BCUT2D eigenvalue weighted by molar-refractivity contribution is 5.93. The number of nitrogens with one attached hydrogen (secondary N) is 1. The fraction of sp³-hybridized carbons (Fsp3) is 0.176. The summed E-state index contributed by atoms with van der Waals surface area (Å²) in [6.07, 6.45) is 0. The molecule has 0 saturated heterocycles. The average Bonchev–Trinajstić information content (AvgIpc) is 3.17. The molecule has 3 rings (SSSR count). The Bertz CT molecular complexity index is 970. The van der Waals surface area contributed by atoms with Crippen molar-refractivity contribution in [2.45, 2.75) is 6.04 Å². The number of benzene rings is 2. The van der Waals surface area contributed by atoms with Gasteiger partial charge in [-0.1, -0.05) is 24.3 Å². The van der Waals surface area contributed by atoms with Gasteiger partial charge < -0.3 is 10.1 Å². The Hall–Kier alpha value is -3.66. The fourth-order valence-corrected chi connectivity index (χ4v) is 2.72. The van der Waals surface area contributed by atoms with Crippen LogP contribution in [-0.2, 0) is 4.74 Å². The van der Waals surface area contributed by atoms with E-state index in [0.717, 1.165) is 5.56 Å². The van der Waals surface area contributed by atoms with Gasteiger partial charge in [0.1, 0.15) is 0 Å². The second kappa shape index (κ2) is 7.70. The van der Waals surface area contributed by atoms with Crippen LogP contribution in [0, 0.1) is 10.1 Å². The number of tetrazole rings is 1. The number of para-hydroxylation sites is 1. The van der Waals surface area contributed by atoms with Gasteiger partial charge in [-0.25, -0.2) is 4.79 Å². The summed E-state index contributed by atoms with van der Waals surface area (Å²) >= 11 is 0. The molecule has 1 heterocycles. The van der Waals surface area contributed by atoms with Gasteiger partial charge in [0.2, 0.25) is 0 Å². The predicted molar refractivity (Wildman–Crippen MR) is 94.5 cm³/mol. The van der Waals surface area contributed by atoms with E-state index < -0.39 is 16.9 Å². The van der Waals surface area contributed by atoms with E-state index in [9.17, 15) is 14.9 Å². The Labute approximate surface area is 153 Å². The van der Waals surface area contributed by atoms with Gasteiger partial charge in [-0.2, -0.15) is 4.68 Å². The van der Waals surface area contributed by atoms with Crippen LogP contribution in [0.25, 0.3) is 5.69 Å². The minimum Gasteiger partial charge on any atom is -0.465 e. The van der Waals surface area contributed by atoms with E-state index >= 15 is 0 Å². The van der Waals surface area contributed by atoms with Crippen molar-refractivity contribution in [3.63, 3.8) is 0 Å². The molecule has 27 heavy (non-hydrogen) atoms. The second-order valence-electron chi connectivity index (χ2n) is 5.53. The first kappa shape index (κ1) is 18.1. The number of esters is 1. The summed E-state index contributed by atoms with van der Waals surface area (Å²) in [6, 6.07) is 12.4. The summed E-state index contributed by atoms with van der Waals surface area (Å²) in [5, 5.41) is 25.8. The maximum Gasteiger partial charge on any atom is 0.340 e. The monoisotopic (exact) mass is 368 g/mol. The maximum atomic E-state index is 12.1. The van der Waals surface area contributed by atoms with Crippen molar-refractivity contribution >= 4 is 11.7 Å². The number of hydrogen-bond donors (Lipinski definition) is 1. The Balaban J connectivity index is 2.06. The largest absolute Gasteiger partial charge is 0.465 e. The number of nitro benzene ring substituents is 1. The molecule has 0 amide bonds. The molecule has 0 aliphatic heterocycles. The molecule has 1 aromatic heterocycles. The zero-order valence-electron chi connectivity index (χ0n) is 14.6. The number of aromatic nitrogens is 4. The minimum atomic E-state index is -0.511. The zero-order valence-corrected chi connectivity index (χ0v) is 14.6.